The molecule has 0 aromatic carbocycles. The molecule has 4 heteroatoms. The maximum absolute atomic E-state index is 11.5. The number of carbonyl (C=O) groups excluding carboxylic acids is 1. The monoisotopic (exact) mass is 236 g/mol. The number of allylic oxidation sites excluding steroid dienone is 3. The van der Waals surface area contributed by atoms with E-state index >= 15 is 0 Å². The van der Waals surface area contributed by atoms with Crippen molar-refractivity contribution in [2.24, 2.45) is 0 Å². The Kier molecular flexibility index (Phi) is 4.92. The number of amides is 1. The van der Waals surface area contributed by atoms with Gasteiger partial charge >= 0.3 is 0 Å². The lowest BCUT2D eigenvalue weighted by Crippen LogP contribution is -2.24. The zero-order chi connectivity index (χ0) is 12.0. The van der Waals surface area contributed by atoms with Crippen LogP contribution in [0, 0.1) is 6.92 Å². The van der Waals surface area contributed by atoms with Gasteiger partial charge in [0.1, 0.15) is 0 Å². The van der Waals surface area contributed by atoms with Crippen LogP contribution in [0.4, 0.5) is 0 Å². The van der Waals surface area contributed by atoms with Crippen LogP contribution >= 0.6 is 11.3 Å². The molecule has 86 valence electrons. The predicted octanol–water partition coefficient (Wildman–Crippen LogP) is 2.76. The maximum atomic E-state index is 11.5. The minimum atomic E-state index is -0.101. The van der Waals surface area contributed by atoms with Crippen molar-refractivity contribution >= 4 is 17.2 Å². The minimum Gasteiger partial charge on any atom is -0.344 e. The highest BCUT2D eigenvalue weighted by Gasteiger charge is 2.09. The molecule has 0 saturated carbocycles. The van der Waals surface area contributed by atoms with Gasteiger partial charge in [-0.1, -0.05) is 18.2 Å². The molecule has 1 amide bonds. The molecular weight excluding hydrogens is 220 g/mol. The van der Waals surface area contributed by atoms with Crippen molar-refractivity contribution in [3.05, 3.63) is 40.4 Å². The van der Waals surface area contributed by atoms with Crippen LogP contribution in [-0.4, -0.2) is 10.9 Å². The third kappa shape index (κ3) is 3.98. The van der Waals surface area contributed by atoms with Crippen molar-refractivity contribution in [1.29, 1.82) is 0 Å². The molecule has 1 N–H and O–H groups in total. The summed E-state index contributed by atoms with van der Waals surface area (Å²) in [6.45, 7) is 5.79. The van der Waals surface area contributed by atoms with Crippen LogP contribution in [0.1, 0.15) is 30.6 Å². The highest BCUT2D eigenvalue weighted by molar-refractivity contribution is 7.09. The van der Waals surface area contributed by atoms with Crippen LogP contribution in [0.5, 0.6) is 0 Å². The summed E-state index contributed by atoms with van der Waals surface area (Å²) in [7, 11) is 0. The van der Waals surface area contributed by atoms with Crippen LogP contribution in [0.15, 0.2) is 29.7 Å². The fourth-order valence-corrected chi connectivity index (χ4v) is 1.87. The van der Waals surface area contributed by atoms with Gasteiger partial charge in [-0.2, -0.15) is 0 Å². The Bertz CT molecular complexity index is 407. The fraction of sp³-hybridized carbons (Fsp3) is 0.333. The molecule has 0 saturated heterocycles. The average molecular weight is 236 g/mol. The van der Waals surface area contributed by atoms with Gasteiger partial charge in [-0.05, 0) is 20.8 Å². The number of rotatable bonds is 4. The molecule has 1 aromatic heterocycles. The number of aryl methyl sites for hydroxylation is 1. The van der Waals surface area contributed by atoms with Crippen molar-refractivity contribution in [2.45, 2.75) is 26.8 Å². The first kappa shape index (κ1) is 12.6. The Morgan fingerprint density at radius 1 is 1.56 bits per heavy atom. The second-order valence-electron chi connectivity index (χ2n) is 3.41. The summed E-state index contributed by atoms with van der Waals surface area (Å²) in [4.78, 5) is 15.8. The van der Waals surface area contributed by atoms with Crippen molar-refractivity contribution in [3.8, 4) is 0 Å². The summed E-state index contributed by atoms with van der Waals surface area (Å²) in [6, 6.07) is -0.0484. The van der Waals surface area contributed by atoms with Gasteiger partial charge in [-0.15, -0.1) is 11.3 Å². The summed E-state index contributed by atoms with van der Waals surface area (Å²) in [5, 5.41) is 5.84. The van der Waals surface area contributed by atoms with Crippen LogP contribution in [0.2, 0.25) is 0 Å². The molecule has 1 unspecified atom stereocenters. The first-order valence-corrected chi connectivity index (χ1v) is 6.03. The Balaban J connectivity index is 2.51. The lowest BCUT2D eigenvalue weighted by atomic mass is 10.2. The highest BCUT2D eigenvalue weighted by Crippen LogP contribution is 2.15. The molecule has 3 nitrogen and oxygen atoms in total. The number of nitrogens with one attached hydrogen (secondary N) is 1. The number of carbonyl (C=O) groups is 1. The Hall–Kier alpha value is -1.42. The first-order chi connectivity index (χ1) is 7.63. The highest BCUT2D eigenvalue weighted by atomic mass is 32.1. The minimum absolute atomic E-state index is 0.0484. The van der Waals surface area contributed by atoms with E-state index < -0.39 is 0 Å². The number of thiazole rings is 1. The van der Waals surface area contributed by atoms with E-state index in [4.69, 9.17) is 0 Å². The van der Waals surface area contributed by atoms with E-state index in [1.807, 2.05) is 38.3 Å². The molecule has 0 aliphatic carbocycles. The van der Waals surface area contributed by atoms with Crippen LogP contribution in [-0.2, 0) is 4.79 Å². The van der Waals surface area contributed by atoms with Gasteiger partial charge in [-0.25, -0.2) is 4.98 Å². The SMILES string of the molecule is C/C=C/C=C/C(=O)NC(C)c1csc(C)n1. The van der Waals surface area contributed by atoms with Gasteiger partial charge in [0.25, 0.3) is 0 Å². The molecule has 1 rings (SSSR count). The lowest BCUT2D eigenvalue weighted by molar-refractivity contribution is -0.117. The molecule has 1 atom stereocenters. The van der Waals surface area contributed by atoms with Crippen LogP contribution in [0.3, 0.4) is 0 Å². The largest absolute Gasteiger partial charge is 0.344 e. The van der Waals surface area contributed by atoms with Gasteiger partial charge in [0.2, 0.25) is 5.91 Å². The number of nitrogens with zero attached hydrogens (tertiary/aromatic N) is 1. The number of hydrogen-bond acceptors (Lipinski definition) is 3. The standard InChI is InChI=1S/C12H16N2OS/c1-4-5-6-7-12(15)13-9(2)11-8-16-10(3)14-11/h4-9H,1-3H3,(H,13,15)/b5-4+,7-6+. The first-order valence-electron chi connectivity index (χ1n) is 5.15. The van der Waals surface area contributed by atoms with Crippen LogP contribution < -0.4 is 5.32 Å². The zero-order valence-corrected chi connectivity index (χ0v) is 10.5. The van der Waals surface area contributed by atoms with Gasteiger partial charge in [0.15, 0.2) is 0 Å². The zero-order valence-electron chi connectivity index (χ0n) is 9.73. The topological polar surface area (TPSA) is 42.0 Å². The molecule has 1 heterocycles. The summed E-state index contributed by atoms with van der Waals surface area (Å²) in [5.41, 5.74) is 0.912. The second kappa shape index (κ2) is 6.23. The molecule has 0 radical (unpaired) electrons. The van der Waals surface area contributed by atoms with Crippen LogP contribution in [0.25, 0.3) is 0 Å². The van der Waals surface area contributed by atoms with Crippen molar-refractivity contribution in [3.63, 3.8) is 0 Å². The lowest BCUT2D eigenvalue weighted by Gasteiger charge is -2.08. The molecule has 0 fully saturated rings. The maximum Gasteiger partial charge on any atom is 0.244 e. The van der Waals surface area contributed by atoms with E-state index in [0.717, 1.165) is 10.7 Å². The fourth-order valence-electron chi connectivity index (χ4n) is 1.17. The Labute approximate surface area is 99.9 Å². The summed E-state index contributed by atoms with van der Waals surface area (Å²) in [5.74, 6) is -0.101. The molecule has 0 aliphatic rings. The van der Waals surface area contributed by atoms with E-state index in [2.05, 4.69) is 10.3 Å². The quantitative estimate of drug-likeness (QED) is 0.645. The molecule has 1 aromatic rings. The summed E-state index contributed by atoms with van der Waals surface area (Å²) in [6.07, 6.45) is 6.91. The molecule has 0 spiro atoms. The summed E-state index contributed by atoms with van der Waals surface area (Å²) >= 11 is 1.59. The third-order valence-electron chi connectivity index (χ3n) is 1.99. The molecule has 0 bridgehead atoms. The Morgan fingerprint density at radius 2 is 2.31 bits per heavy atom. The smallest absolute Gasteiger partial charge is 0.244 e. The molecular formula is C12H16N2OS. The van der Waals surface area contributed by atoms with E-state index in [1.54, 1.807) is 17.4 Å². The van der Waals surface area contributed by atoms with Crippen molar-refractivity contribution in [2.75, 3.05) is 0 Å². The third-order valence-corrected chi connectivity index (χ3v) is 2.78. The van der Waals surface area contributed by atoms with Crippen molar-refractivity contribution in [1.82, 2.24) is 10.3 Å². The summed E-state index contributed by atoms with van der Waals surface area (Å²) < 4.78 is 0. The van der Waals surface area contributed by atoms with E-state index in [1.165, 1.54) is 6.08 Å². The average Bonchev–Trinajstić information content (AvgIpc) is 2.65. The molecule has 16 heavy (non-hydrogen) atoms. The van der Waals surface area contributed by atoms with E-state index in [9.17, 15) is 4.79 Å². The van der Waals surface area contributed by atoms with Crippen molar-refractivity contribution < 1.29 is 4.79 Å². The van der Waals surface area contributed by atoms with E-state index in [-0.39, 0.29) is 11.9 Å². The normalized spacial score (nSPS) is 13.4. The van der Waals surface area contributed by atoms with Gasteiger partial charge in [0.05, 0.1) is 16.7 Å². The van der Waals surface area contributed by atoms with Gasteiger partial charge < -0.3 is 5.32 Å². The number of hydrogen-bond donors (Lipinski definition) is 1. The second-order valence-corrected chi connectivity index (χ2v) is 4.47. The number of aromatic nitrogens is 1. The van der Waals surface area contributed by atoms with Gasteiger partial charge in [-0.3, -0.25) is 4.79 Å². The molecule has 0 aliphatic heterocycles. The predicted molar refractivity (Wildman–Crippen MR) is 67.4 cm³/mol. The van der Waals surface area contributed by atoms with E-state index in [0.29, 0.717) is 0 Å². The van der Waals surface area contributed by atoms with Gasteiger partial charge in [0, 0.05) is 11.5 Å². The Morgan fingerprint density at radius 3 is 2.88 bits per heavy atom.